The summed E-state index contributed by atoms with van der Waals surface area (Å²) in [5.41, 5.74) is 0.981. The summed E-state index contributed by atoms with van der Waals surface area (Å²) in [6.07, 6.45) is 1.35. The van der Waals surface area contributed by atoms with Crippen molar-refractivity contribution >= 4 is 29.5 Å². The van der Waals surface area contributed by atoms with Gasteiger partial charge in [-0.2, -0.15) is 0 Å². The van der Waals surface area contributed by atoms with E-state index in [1.165, 1.54) is 19.2 Å². The molecule has 0 saturated carbocycles. The smallest absolute Gasteiger partial charge is 0.338 e. The van der Waals surface area contributed by atoms with Gasteiger partial charge >= 0.3 is 12.0 Å². The molecule has 0 aromatic heterocycles. The SMILES string of the molecule is CNC(=O)NC(=O)COC(=O)c1ccc(N2CCCC2=O)cc1. The third kappa shape index (κ3) is 4.29. The van der Waals surface area contributed by atoms with E-state index in [2.05, 4.69) is 5.32 Å². The minimum absolute atomic E-state index is 0.0613. The van der Waals surface area contributed by atoms with Crippen LogP contribution in [0.2, 0.25) is 0 Å². The van der Waals surface area contributed by atoms with Gasteiger partial charge in [0.2, 0.25) is 5.91 Å². The van der Waals surface area contributed by atoms with Gasteiger partial charge in [-0.15, -0.1) is 0 Å². The monoisotopic (exact) mass is 319 g/mol. The number of hydrogen-bond acceptors (Lipinski definition) is 5. The molecule has 23 heavy (non-hydrogen) atoms. The molecule has 0 aliphatic carbocycles. The van der Waals surface area contributed by atoms with Gasteiger partial charge in [-0.3, -0.25) is 14.9 Å². The van der Waals surface area contributed by atoms with Crippen molar-refractivity contribution in [3.8, 4) is 0 Å². The molecular weight excluding hydrogens is 302 g/mol. The summed E-state index contributed by atoms with van der Waals surface area (Å²) in [4.78, 5) is 47.3. The Morgan fingerprint density at radius 1 is 1.22 bits per heavy atom. The van der Waals surface area contributed by atoms with Crippen LogP contribution < -0.4 is 15.5 Å². The number of ether oxygens (including phenoxy) is 1. The van der Waals surface area contributed by atoms with E-state index >= 15 is 0 Å². The number of benzene rings is 1. The molecule has 2 N–H and O–H groups in total. The van der Waals surface area contributed by atoms with Crippen LogP contribution in [0.15, 0.2) is 24.3 Å². The highest BCUT2D eigenvalue weighted by Gasteiger charge is 2.21. The van der Waals surface area contributed by atoms with Crippen molar-refractivity contribution in [2.24, 2.45) is 0 Å². The van der Waals surface area contributed by atoms with Crippen molar-refractivity contribution < 1.29 is 23.9 Å². The van der Waals surface area contributed by atoms with Crippen molar-refractivity contribution in [1.82, 2.24) is 10.6 Å². The zero-order valence-corrected chi connectivity index (χ0v) is 12.6. The molecule has 122 valence electrons. The van der Waals surface area contributed by atoms with E-state index in [1.54, 1.807) is 17.0 Å². The number of nitrogens with one attached hydrogen (secondary N) is 2. The number of hydrogen-bond donors (Lipinski definition) is 2. The molecule has 1 saturated heterocycles. The number of carbonyl (C=O) groups is 4. The predicted octanol–water partition coefficient (Wildman–Crippen LogP) is 0.426. The molecule has 0 atom stereocenters. The van der Waals surface area contributed by atoms with Crippen LogP contribution in [0.1, 0.15) is 23.2 Å². The van der Waals surface area contributed by atoms with Crippen molar-refractivity contribution in [3.05, 3.63) is 29.8 Å². The molecule has 0 unspecified atom stereocenters. The van der Waals surface area contributed by atoms with E-state index in [4.69, 9.17) is 4.74 Å². The first-order chi connectivity index (χ1) is 11.0. The predicted molar refractivity (Wildman–Crippen MR) is 80.9 cm³/mol. The fraction of sp³-hybridized carbons (Fsp3) is 0.333. The molecule has 1 aromatic rings. The van der Waals surface area contributed by atoms with Crippen LogP contribution in [0, 0.1) is 0 Å². The quantitative estimate of drug-likeness (QED) is 0.783. The van der Waals surface area contributed by atoms with Gasteiger partial charge in [0.1, 0.15) is 0 Å². The number of nitrogens with zero attached hydrogens (tertiary/aromatic N) is 1. The molecule has 4 amide bonds. The Labute approximate surface area is 132 Å². The van der Waals surface area contributed by atoms with E-state index in [0.29, 0.717) is 13.0 Å². The summed E-state index contributed by atoms with van der Waals surface area (Å²) in [6.45, 7) is 0.112. The molecule has 1 fully saturated rings. The lowest BCUT2D eigenvalue weighted by atomic mass is 10.2. The number of rotatable bonds is 4. The third-order valence-corrected chi connectivity index (χ3v) is 3.30. The Morgan fingerprint density at radius 2 is 1.91 bits per heavy atom. The number of amides is 4. The van der Waals surface area contributed by atoms with Crippen molar-refractivity contribution in [2.45, 2.75) is 12.8 Å². The average molecular weight is 319 g/mol. The lowest BCUT2D eigenvalue weighted by Gasteiger charge is -2.15. The molecule has 8 heteroatoms. The lowest BCUT2D eigenvalue weighted by molar-refractivity contribution is -0.123. The van der Waals surface area contributed by atoms with Crippen LogP contribution in [0.5, 0.6) is 0 Å². The summed E-state index contributed by atoms with van der Waals surface area (Å²) in [5.74, 6) is -1.35. The topological polar surface area (TPSA) is 105 Å². The van der Waals surface area contributed by atoms with Crippen molar-refractivity contribution in [2.75, 3.05) is 25.1 Å². The van der Waals surface area contributed by atoms with Crippen LogP contribution in [-0.2, 0) is 14.3 Å². The van der Waals surface area contributed by atoms with E-state index < -0.39 is 24.5 Å². The highest BCUT2D eigenvalue weighted by Crippen LogP contribution is 2.21. The van der Waals surface area contributed by atoms with E-state index in [1.807, 2.05) is 5.32 Å². The maximum atomic E-state index is 11.8. The fourth-order valence-corrected chi connectivity index (χ4v) is 2.14. The molecule has 1 aliphatic rings. The number of urea groups is 1. The maximum absolute atomic E-state index is 11.8. The molecule has 1 aliphatic heterocycles. The van der Waals surface area contributed by atoms with Gasteiger partial charge in [0.05, 0.1) is 5.56 Å². The Balaban J connectivity index is 1.89. The largest absolute Gasteiger partial charge is 0.452 e. The Kier molecular flexibility index (Phi) is 5.29. The second kappa shape index (κ2) is 7.39. The maximum Gasteiger partial charge on any atom is 0.338 e. The van der Waals surface area contributed by atoms with Gasteiger partial charge in [0.15, 0.2) is 6.61 Å². The Hall–Kier alpha value is -2.90. The van der Waals surface area contributed by atoms with Crippen LogP contribution in [0.4, 0.5) is 10.5 Å². The second-order valence-electron chi connectivity index (χ2n) is 4.90. The summed E-state index contributed by atoms with van der Waals surface area (Å²) in [7, 11) is 1.36. The van der Waals surface area contributed by atoms with Gasteiger partial charge < -0.3 is 15.0 Å². The minimum Gasteiger partial charge on any atom is -0.452 e. The number of carbonyl (C=O) groups excluding carboxylic acids is 4. The third-order valence-electron chi connectivity index (χ3n) is 3.30. The number of esters is 1. The molecule has 2 rings (SSSR count). The van der Waals surface area contributed by atoms with E-state index in [-0.39, 0.29) is 11.5 Å². The highest BCUT2D eigenvalue weighted by molar-refractivity contribution is 5.98. The van der Waals surface area contributed by atoms with Gasteiger partial charge in [-0.05, 0) is 30.7 Å². The van der Waals surface area contributed by atoms with Gasteiger partial charge in [0.25, 0.3) is 5.91 Å². The zero-order valence-electron chi connectivity index (χ0n) is 12.6. The van der Waals surface area contributed by atoms with E-state index in [9.17, 15) is 19.2 Å². The molecule has 1 aromatic carbocycles. The Morgan fingerprint density at radius 3 is 2.48 bits per heavy atom. The first-order valence-electron chi connectivity index (χ1n) is 7.10. The Bertz CT molecular complexity index is 627. The highest BCUT2D eigenvalue weighted by atomic mass is 16.5. The number of anilines is 1. The average Bonchev–Trinajstić information content (AvgIpc) is 2.98. The molecule has 1 heterocycles. The molecule has 8 nitrogen and oxygen atoms in total. The molecule has 0 spiro atoms. The summed E-state index contributed by atoms with van der Waals surface area (Å²) in [5, 5.41) is 4.19. The van der Waals surface area contributed by atoms with Gasteiger partial charge in [-0.25, -0.2) is 9.59 Å². The number of imide groups is 1. The van der Waals surface area contributed by atoms with Crippen molar-refractivity contribution in [3.63, 3.8) is 0 Å². The first kappa shape index (κ1) is 16.5. The zero-order chi connectivity index (χ0) is 16.8. The molecule has 0 radical (unpaired) electrons. The second-order valence-corrected chi connectivity index (χ2v) is 4.90. The normalized spacial score (nSPS) is 13.6. The van der Waals surface area contributed by atoms with Crippen LogP contribution >= 0.6 is 0 Å². The fourth-order valence-electron chi connectivity index (χ4n) is 2.14. The standard InChI is InChI=1S/C15H17N3O5/c1-16-15(22)17-12(19)9-23-14(21)10-4-6-11(7-5-10)18-8-2-3-13(18)20/h4-7H,2-3,8-9H2,1H3,(H2,16,17,19,22). The minimum atomic E-state index is -0.725. The van der Waals surface area contributed by atoms with Crippen LogP contribution in [0.3, 0.4) is 0 Å². The van der Waals surface area contributed by atoms with Gasteiger partial charge in [-0.1, -0.05) is 0 Å². The summed E-state index contributed by atoms with van der Waals surface area (Å²) < 4.78 is 4.81. The summed E-state index contributed by atoms with van der Waals surface area (Å²) in [6, 6.07) is 5.69. The molecule has 0 bridgehead atoms. The summed E-state index contributed by atoms with van der Waals surface area (Å²) >= 11 is 0. The van der Waals surface area contributed by atoms with Crippen LogP contribution in [-0.4, -0.2) is 44.0 Å². The van der Waals surface area contributed by atoms with E-state index in [0.717, 1.165) is 12.1 Å². The van der Waals surface area contributed by atoms with Gasteiger partial charge in [0, 0.05) is 25.7 Å². The molecular formula is C15H17N3O5. The van der Waals surface area contributed by atoms with Crippen LogP contribution in [0.25, 0.3) is 0 Å². The van der Waals surface area contributed by atoms with Crippen molar-refractivity contribution in [1.29, 1.82) is 0 Å². The lowest BCUT2D eigenvalue weighted by Crippen LogP contribution is -2.39. The first-order valence-corrected chi connectivity index (χ1v) is 7.10.